The van der Waals surface area contributed by atoms with E-state index in [-0.39, 0.29) is 17.8 Å². The summed E-state index contributed by atoms with van der Waals surface area (Å²) in [5, 5.41) is 5.41. The molecule has 2 amide bonds. The highest BCUT2D eigenvalue weighted by Crippen LogP contribution is 2.22. The van der Waals surface area contributed by atoms with Crippen molar-refractivity contribution < 1.29 is 18.3 Å². The van der Waals surface area contributed by atoms with Gasteiger partial charge in [0.1, 0.15) is 5.76 Å². The first-order valence-electron chi connectivity index (χ1n) is 6.50. The minimum absolute atomic E-state index is 0.101. The van der Waals surface area contributed by atoms with E-state index in [0.29, 0.717) is 19.0 Å². The number of hydrogen-bond acceptors (Lipinski definition) is 2. The van der Waals surface area contributed by atoms with E-state index in [0.717, 1.165) is 0 Å². The molecule has 112 valence electrons. The maximum Gasteiger partial charge on any atom is 0.394 e. The second-order valence-electron chi connectivity index (χ2n) is 4.68. The smallest absolute Gasteiger partial charge is 0.394 e. The molecule has 1 aliphatic carbocycles. The van der Waals surface area contributed by atoms with Gasteiger partial charge in [-0.2, -0.15) is 8.78 Å². The van der Waals surface area contributed by atoms with Crippen LogP contribution in [-0.2, 0) is 4.74 Å². The van der Waals surface area contributed by atoms with Crippen LogP contribution in [0.4, 0.5) is 19.3 Å². The molecule has 0 aliphatic heterocycles. The number of nitrogens with one attached hydrogen (secondary N) is 2. The normalized spacial score (nSPS) is 17.9. The number of ether oxygens (including phenoxy) is 1. The number of amides is 2. The molecule has 1 aliphatic rings. The second-order valence-corrected chi connectivity index (χ2v) is 4.68. The number of allylic oxidation sites excluding steroid dienone is 1. The Morgan fingerprint density at radius 3 is 2.62 bits per heavy atom. The first-order chi connectivity index (χ1) is 9.92. The lowest BCUT2D eigenvalue weighted by Crippen LogP contribution is -2.37. The van der Waals surface area contributed by atoms with Crippen molar-refractivity contribution in [1.82, 2.24) is 5.32 Å². The molecule has 0 radical (unpaired) electrons. The fourth-order valence-corrected chi connectivity index (χ4v) is 1.85. The van der Waals surface area contributed by atoms with Crippen molar-refractivity contribution in [3.8, 4) is 0 Å². The molecule has 6 heteroatoms. The Kier molecular flexibility index (Phi) is 4.57. The maximum absolute atomic E-state index is 12.7. The molecule has 1 unspecified atom stereocenters. The zero-order valence-electron chi connectivity index (χ0n) is 11.5. The molecule has 2 rings (SSSR count). The number of alkyl halides is 2. The van der Waals surface area contributed by atoms with Gasteiger partial charge in [-0.05, 0) is 30.7 Å². The lowest BCUT2D eigenvalue weighted by molar-refractivity contribution is -0.195. The zero-order chi connectivity index (χ0) is 15.3. The Labute approximate surface area is 121 Å². The summed E-state index contributed by atoms with van der Waals surface area (Å²) in [6.45, 7) is 0.680. The number of urea groups is 1. The van der Waals surface area contributed by atoms with E-state index in [9.17, 15) is 13.6 Å². The van der Waals surface area contributed by atoms with Gasteiger partial charge in [0.2, 0.25) is 0 Å². The van der Waals surface area contributed by atoms with Gasteiger partial charge in [-0.25, -0.2) is 4.79 Å². The van der Waals surface area contributed by atoms with Crippen LogP contribution >= 0.6 is 0 Å². The number of hydrogen-bond donors (Lipinski definition) is 2. The van der Waals surface area contributed by atoms with Gasteiger partial charge >= 0.3 is 12.1 Å². The molecule has 0 heterocycles. The number of anilines is 1. The minimum atomic E-state index is -3.21. The fourth-order valence-electron chi connectivity index (χ4n) is 1.85. The summed E-state index contributed by atoms with van der Waals surface area (Å²) in [6.07, 6.45) is 1.75. The van der Waals surface area contributed by atoms with E-state index in [2.05, 4.69) is 15.4 Å². The number of halogens is 2. The van der Waals surface area contributed by atoms with Crippen molar-refractivity contribution in [3.05, 3.63) is 54.3 Å². The summed E-state index contributed by atoms with van der Waals surface area (Å²) in [5.41, 5.74) is 0.681. The van der Waals surface area contributed by atoms with Gasteiger partial charge < -0.3 is 15.4 Å². The van der Waals surface area contributed by atoms with E-state index >= 15 is 0 Å². The van der Waals surface area contributed by atoms with Gasteiger partial charge in [0.25, 0.3) is 0 Å². The Bertz CT molecular complexity index is 551. The van der Waals surface area contributed by atoms with Crippen molar-refractivity contribution in [1.29, 1.82) is 0 Å². The summed E-state index contributed by atoms with van der Waals surface area (Å²) in [7, 11) is 0. The molecule has 0 fully saturated rings. The first-order valence-corrected chi connectivity index (χ1v) is 6.50. The average Bonchev–Trinajstić information content (AvgIpc) is 2.40. The number of rotatable bonds is 4. The topological polar surface area (TPSA) is 50.4 Å². The van der Waals surface area contributed by atoms with E-state index in [4.69, 9.17) is 0 Å². The van der Waals surface area contributed by atoms with Gasteiger partial charge in [0.05, 0.1) is 6.04 Å². The monoisotopic (exact) mass is 294 g/mol. The van der Waals surface area contributed by atoms with Gasteiger partial charge in [-0.1, -0.05) is 24.3 Å². The lowest BCUT2D eigenvalue weighted by Gasteiger charge is -2.20. The van der Waals surface area contributed by atoms with Crippen molar-refractivity contribution in [2.45, 2.75) is 25.5 Å². The second kappa shape index (κ2) is 6.39. The first kappa shape index (κ1) is 15.0. The quantitative estimate of drug-likeness (QED) is 0.890. The summed E-state index contributed by atoms with van der Waals surface area (Å²) in [5.74, 6) is 0.101. The summed E-state index contributed by atoms with van der Waals surface area (Å²) < 4.78 is 29.8. The summed E-state index contributed by atoms with van der Waals surface area (Å²) in [4.78, 5) is 11.8. The predicted octanol–water partition coefficient (Wildman–Crippen LogP) is 3.65. The van der Waals surface area contributed by atoms with Crippen LogP contribution < -0.4 is 10.6 Å². The third-order valence-electron chi connectivity index (χ3n) is 2.71. The standard InChI is InChI=1S/C15H16F2N2O2/c1-15(16,17)21-13-9-7-12(8-10-13)19-14(20)18-11-5-3-2-4-6-11/h2-7,9-10,12H,8H2,1H3,(H2,18,19,20). The molecule has 0 bridgehead atoms. The summed E-state index contributed by atoms with van der Waals surface area (Å²) >= 11 is 0. The van der Waals surface area contributed by atoms with E-state index in [1.165, 1.54) is 12.2 Å². The van der Waals surface area contributed by atoms with Crippen LogP contribution in [0.1, 0.15) is 13.3 Å². The highest BCUT2D eigenvalue weighted by Gasteiger charge is 2.24. The van der Waals surface area contributed by atoms with E-state index in [1.807, 2.05) is 18.2 Å². The highest BCUT2D eigenvalue weighted by atomic mass is 19.3. The largest absolute Gasteiger partial charge is 0.433 e. The molecule has 1 aromatic carbocycles. The third-order valence-corrected chi connectivity index (χ3v) is 2.71. The molecule has 0 spiro atoms. The Morgan fingerprint density at radius 2 is 2.05 bits per heavy atom. The highest BCUT2D eigenvalue weighted by molar-refractivity contribution is 5.89. The van der Waals surface area contributed by atoms with Crippen LogP contribution in [0.15, 0.2) is 54.3 Å². The summed E-state index contributed by atoms with van der Waals surface area (Å²) in [6, 6.07) is 8.40. The van der Waals surface area contributed by atoms with Crippen LogP contribution in [0, 0.1) is 0 Å². The van der Waals surface area contributed by atoms with Crippen LogP contribution in [0.5, 0.6) is 0 Å². The maximum atomic E-state index is 12.7. The molecule has 0 saturated heterocycles. The number of para-hydroxylation sites is 1. The van der Waals surface area contributed by atoms with Crippen LogP contribution in [0.3, 0.4) is 0 Å². The van der Waals surface area contributed by atoms with Crippen molar-refractivity contribution in [2.24, 2.45) is 0 Å². The van der Waals surface area contributed by atoms with E-state index < -0.39 is 6.11 Å². The lowest BCUT2D eigenvalue weighted by atomic mass is 10.1. The van der Waals surface area contributed by atoms with Gasteiger partial charge in [0, 0.05) is 12.6 Å². The zero-order valence-corrected chi connectivity index (χ0v) is 11.5. The van der Waals surface area contributed by atoms with Crippen molar-refractivity contribution in [2.75, 3.05) is 5.32 Å². The molecule has 2 N–H and O–H groups in total. The van der Waals surface area contributed by atoms with Crippen LogP contribution in [0.25, 0.3) is 0 Å². The third kappa shape index (κ3) is 5.25. The van der Waals surface area contributed by atoms with Crippen molar-refractivity contribution >= 4 is 11.7 Å². The molecule has 0 aromatic heterocycles. The van der Waals surface area contributed by atoms with E-state index in [1.54, 1.807) is 18.2 Å². The molecule has 4 nitrogen and oxygen atoms in total. The molecular weight excluding hydrogens is 278 g/mol. The predicted molar refractivity (Wildman–Crippen MR) is 75.9 cm³/mol. The number of carbonyl (C=O) groups is 1. The number of benzene rings is 1. The van der Waals surface area contributed by atoms with Gasteiger partial charge in [-0.3, -0.25) is 0 Å². The average molecular weight is 294 g/mol. The SMILES string of the molecule is CC(F)(F)OC1=CCC(NC(=O)Nc2ccccc2)C=C1. The Morgan fingerprint density at radius 1 is 1.33 bits per heavy atom. The molecule has 0 saturated carbocycles. The fraction of sp³-hybridized carbons (Fsp3) is 0.267. The molecular formula is C15H16F2N2O2. The van der Waals surface area contributed by atoms with Crippen molar-refractivity contribution in [3.63, 3.8) is 0 Å². The molecule has 1 aromatic rings. The van der Waals surface area contributed by atoms with Gasteiger partial charge in [-0.15, -0.1) is 0 Å². The molecule has 1 atom stereocenters. The molecule has 21 heavy (non-hydrogen) atoms. The van der Waals surface area contributed by atoms with Gasteiger partial charge in [0.15, 0.2) is 0 Å². The van der Waals surface area contributed by atoms with Crippen LogP contribution in [0.2, 0.25) is 0 Å². The number of carbonyl (C=O) groups excluding carboxylic acids is 1. The Hall–Kier alpha value is -2.37. The Balaban J connectivity index is 1.81. The minimum Gasteiger partial charge on any atom is -0.433 e. The van der Waals surface area contributed by atoms with Crippen LogP contribution in [-0.4, -0.2) is 18.2 Å².